The first-order chi connectivity index (χ1) is 19.1. The Hall–Kier alpha value is -4.36. The van der Waals surface area contributed by atoms with Crippen molar-refractivity contribution in [2.24, 2.45) is 0 Å². The van der Waals surface area contributed by atoms with Crippen LogP contribution in [0.1, 0.15) is 27.0 Å². The van der Waals surface area contributed by atoms with E-state index in [1.54, 1.807) is 25.1 Å². The predicted molar refractivity (Wildman–Crippen MR) is 150 cm³/mol. The van der Waals surface area contributed by atoms with Crippen molar-refractivity contribution in [2.45, 2.75) is 29.8 Å². The second-order valence-corrected chi connectivity index (χ2v) is 12.5. The van der Waals surface area contributed by atoms with Gasteiger partial charge >= 0.3 is 6.18 Å². The zero-order chi connectivity index (χ0) is 30.0. The van der Waals surface area contributed by atoms with Gasteiger partial charge in [-0.25, -0.2) is 16.8 Å². The van der Waals surface area contributed by atoms with E-state index in [1.807, 2.05) is 6.92 Å². The topological polar surface area (TPSA) is 121 Å². The molecular formula is C28H24F3N3O5S2. The van der Waals surface area contributed by atoms with Crippen molar-refractivity contribution in [2.75, 3.05) is 14.8 Å². The summed E-state index contributed by atoms with van der Waals surface area (Å²) in [5.41, 5.74) is 0.802. The number of carbonyl (C=O) groups is 1. The molecule has 0 aliphatic carbocycles. The van der Waals surface area contributed by atoms with Crippen LogP contribution in [0.4, 0.5) is 30.2 Å². The van der Waals surface area contributed by atoms with Gasteiger partial charge in [0.1, 0.15) is 0 Å². The maximum absolute atomic E-state index is 12.9. The molecule has 4 aromatic carbocycles. The fourth-order valence-corrected chi connectivity index (χ4v) is 5.86. The number of nitrogens with one attached hydrogen (secondary N) is 3. The van der Waals surface area contributed by atoms with E-state index in [1.165, 1.54) is 54.6 Å². The lowest BCUT2D eigenvalue weighted by Crippen LogP contribution is -2.16. The third kappa shape index (κ3) is 7.24. The van der Waals surface area contributed by atoms with Crippen LogP contribution in [0, 0.1) is 13.8 Å². The molecule has 13 heteroatoms. The molecule has 0 aliphatic heterocycles. The fraction of sp³-hybridized carbons (Fsp3) is 0.107. The normalized spacial score (nSPS) is 12.0. The van der Waals surface area contributed by atoms with E-state index < -0.39 is 37.7 Å². The molecule has 214 valence electrons. The number of hydrogen-bond acceptors (Lipinski definition) is 5. The number of halogens is 3. The van der Waals surface area contributed by atoms with Crippen LogP contribution >= 0.6 is 0 Å². The average Bonchev–Trinajstić information content (AvgIpc) is 2.90. The van der Waals surface area contributed by atoms with Crippen molar-refractivity contribution < 1.29 is 34.8 Å². The molecule has 1 amide bonds. The highest BCUT2D eigenvalue weighted by molar-refractivity contribution is 7.93. The zero-order valence-corrected chi connectivity index (χ0v) is 23.3. The molecule has 0 spiro atoms. The summed E-state index contributed by atoms with van der Waals surface area (Å²) in [5.74, 6) is -0.585. The predicted octanol–water partition coefficient (Wildman–Crippen LogP) is 6.18. The Labute approximate surface area is 235 Å². The van der Waals surface area contributed by atoms with Gasteiger partial charge in [-0.3, -0.25) is 14.2 Å². The fourth-order valence-electron chi connectivity index (χ4n) is 3.69. The maximum atomic E-state index is 12.9. The molecule has 0 unspecified atom stereocenters. The number of sulfonamides is 2. The summed E-state index contributed by atoms with van der Waals surface area (Å²) >= 11 is 0. The third-order valence-electron chi connectivity index (χ3n) is 5.94. The van der Waals surface area contributed by atoms with Gasteiger partial charge in [0, 0.05) is 16.9 Å². The summed E-state index contributed by atoms with van der Waals surface area (Å²) in [6.45, 7) is 3.52. The number of benzene rings is 4. The SMILES string of the molecule is Cc1ccc(S(=O)(=O)Nc2cc(C(=O)Nc3ccc(S(=O)(=O)Nc4cccc(C(F)(F)F)c4)cc3)ccc2C)cc1. The minimum Gasteiger partial charge on any atom is -0.322 e. The Morgan fingerprint density at radius 1 is 0.683 bits per heavy atom. The van der Waals surface area contributed by atoms with Gasteiger partial charge in [0.15, 0.2) is 0 Å². The second-order valence-electron chi connectivity index (χ2n) is 9.11. The molecular weight excluding hydrogens is 579 g/mol. The van der Waals surface area contributed by atoms with Crippen molar-refractivity contribution in [3.05, 3.63) is 113 Å². The van der Waals surface area contributed by atoms with Gasteiger partial charge in [-0.2, -0.15) is 13.2 Å². The highest BCUT2D eigenvalue weighted by atomic mass is 32.2. The van der Waals surface area contributed by atoms with Crippen LogP contribution < -0.4 is 14.8 Å². The molecule has 3 N–H and O–H groups in total. The molecule has 41 heavy (non-hydrogen) atoms. The first-order valence-electron chi connectivity index (χ1n) is 12.0. The Bertz CT molecular complexity index is 1810. The van der Waals surface area contributed by atoms with Crippen molar-refractivity contribution >= 4 is 43.0 Å². The summed E-state index contributed by atoms with van der Waals surface area (Å²) in [4.78, 5) is 12.7. The minimum atomic E-state index is -4.63. The minimum absolute atomic E-state index is 0.0648. The van der Waals surface area contributed by atoms with Crippen molar-refractivity contribution in [3.63, 3.8) is 0 Å². The van der Waals surface area contributed by atoms with E-state index in [0.717, 1.165) is 17.7 Å². The monoisotopic (exact) mass is 603 g/mol. The Morgan fingerprint density at radius 3 is 1.88 bits per heavy atom. The van der Waals surface area contributed by atoms with E-state index in [0.29, 0.717) is 11.6 Å². The van der Waals surface area contributed by atoms with E-state index >= 15 is 0 Å². The summed E-state index contributed by atoms with van der Waals surface area (Å²) < 4.78 is 94.4. The highest BCUT2D eigenvalue weighted by Gasteiger charge is 2.30. The van der Waals surface area contributed by atoms with Crippen LogP contribution in [0.3, 0.4) is 0 Å². The zero-order valence-electron chi connectivity index (χ0n) is 21.7. The Morgan fingerprint density at radius 2 is 1.27 bits per heavy atom. The van der Waals surface area contributed by atoms with Gasteiger partial charge < -0.3 is 5.32 Å². The van der Waals surface area contributed by atoms with E-state index in [4.69, 9.17) is 0 Å². The van der Waals surface area contributed by atoms with Gasteiger partial charge in [-0.05, 0) is 86.1 Å². The standard InChI is InChI=1S/C28H24F3N3O5S2/c1-18-6-12-24(13-7-18)41(38,39)34-26-16-20(9-8-19(26)2)27(35)32-22-10-14-25(15-11-22)40(36,37)33-23-5-3-4-21(17-23)28(29,30)31/h3-17,33-34H,1-2H3,(H,32,35). The van der Waals surface area contributed by atoms with Crippen LogP contribution in [0.5, 0.6) is 0 Å². The van der Waals surface area contributed by atoms with Gasteiger partial charge in [0.2, 0.25) is 0 Å². The highest BCUT2D eigenvalue weighted by Crippen LogP contribution is 2.31. The molecule has 8 nitrogen and oxygen atoms in total. The van der Waals surface area contributed by atoms with E-state index in [2.05, 4.69) is 14.8 Å². The molecule has 0 radical (unpaired) electrons. The summed E-state index contributed by atoms with van der Waals surface area (Å²) in [6.07, 6.45) is -4.63. The quantitative estimate of drug-likeness (QED) is 0.222. The smallest absolute Gasteiger partial charge is 0.322 e. The summed E-state index contributed by atoms with van der Waals surface area (Å²) in [6, 6.07) is 19.5. The molecule has 0 heterocycles. The molecule has 4 rings (SSSR count). The first kappa shape index (κ1) is 29.6. The average molecular weight is 604 g/mol. The maximum Gasteiger partial charge on any atom is 0.416 e. The van der Waals surface area contributed by atoms with E-state index in [9.17, 15) is 34.8 Å². The van der Waals surface area contributed by atoms with Crippen molar-refractivity contribution in [1.29, 1.82) is 0 Å². The summed E-state index contributed by atoms with van der Waals surface area (Å²) in [5, 5.41) is 2.60. The Kier molecular flexibility index (Phi) is 8.13. The molecule has 4 aromatic rings. The number of carbonyl (C=O) groups excluding carboxylic acids is 1. The van der Waals surface area contributed by atoms with Gasteiger partial charge in [-0.1, -0.05) is 29.8 Å². The van der Waals surface area contributed by atoms with Gasteiger partial charge in [0.25, 0.3) is 26.0 Å². The molecule has 0 fully saturated rings. The second kappa shape index (κ2) is 11.3. The van der Waals surface area contributed by atoms with Crippen molar-refractivity contribution in [3.8, 4) is 0 Å². The lowest BCUT2D eigenvalue weighted by Gasteiger charge is -2.13. The van der Waals surface area contributed by atoms with Crippen LogP contribution in [0.15, 0.2) is 101 Å². The van der Waals surface area contributed by atoms with Crippen LogP contribution in [0.2, 0.25) is 0 Å². The molecule has 0 saturated heterocycles. The van der Waals surface area contributed by atoms with Crippen LogP contribution in [0.25, 0.3) is 0 Å². The van der Waals surface area contributed by atoms with Gasteiger partial charge in [-0.15, -0.1) is 0 Å². The van der Waals surface area contributed by atoms with Crippen LogP contribution in [-0.2, 0) is 26.2 Å². The van der Waals surface area contributed by atoms with Crippen LogP contribution in [-0.4, -0.2) is 22.7 Å². The lowest BCUT2D eigenvalue weighted by atomic mass is 10.1. The lowest BCUT2D eigenvalue weighted by molar-refractivity contribution is -0.137. The third-order valence-corrected chi connectivity index (χ3v) is 8.72. The number of alkyl halides is 3. The first-order valence-corrected chi connectivity index (χ1v) is 14.9. The largest absolute Gasteiger partial charge is 0.416 e. The van der Waals surface area contributed by atoms with Gasteiger partial charge in [0.05, 0.1) is 21.0 Å². The number of aryl methyl sites for hydroxylation is 2. The molecule has 0 atom stereocenters. The molecule has 0 aromatic heterocycles. The molecule has 0 aliphatic rings. The summed E-state index contributed by atoms with van der Waals surface area (Å²) in [7, 11) is -8.13. The number of hydrogen-bond donors (Lipinski definition) is 3. The molecule has 0 saturated carbocycles. The number of rotatable bonds is 8. The number of amides is 1. The molecule has 0 bridgehead atoms. The van der Waals surface area contributed by atoms with E-state index in [-0.39, 0.29) is 32.4 Å². The Balaban J connectivity index is 1.47. The number of anilines is 3. The van der Waals surface area contributed by atoms with Crippen molar-refractivity contribution in [1.82, 2.24) is 0 Å².